The summed E-state index contributed by atoms with van der Waals surface area (Å²) in [5.41, 5.74) is 3.08. The van der Waals surface area contributed by atoms with E-state index in [0.29, 0.717) is 35.3 Å². The molecule has 1 amide bonds. The summed E-state index contributed by atoms with van der Waals surface area (Å²) in [4.78, 5) is 15.9. The molecule has 0 bridgehead atoms. The smallest absolute Gasteiger partial charge is 0.449 e. The number of para-hydroxylation sites is 2. The summed E-state index contributed by atoms with van der Waals surface area (Å²) >= 11 is 6.29. The van der Waals surface area contributed by atoms with Crippen LogP contribution in [0.4, 0.5) is 13.2 Å². The maximum atomic E-state index is 13.4. The molecule has 0 fully saturated rings. The van der Waals surface area contributed by atoms with Crippen LogP contribution in [0.25, 0.3) is 11.0 Å². The molecule has 0 unspecified atom stereocenters. The first-order valence-corrected chi connectivity index (χ1v) is 10.6. The molecule has 0 aliphatic rings. The fourth-order valence-corrected chi connectivity index (χ4v) is 3.35. The molecule has 0 aliphatic carbocycles. The fraction of sp³-hybridized carbons (Fsp3) is 0.318. The van der Waals surface area contributed by atoms with Crippen molar-refractivity contribution < 1.29 is 27.4 Å². The number of benzene rings is 2. The van der Waals surface area contributed by atoms with E-state index in [1.165, 1.54) is 18.3 Å². The molecule has 0 spiro atoms. The molecular formula is C22H22ClF3N4O3. The zero-order valence-corrected chi connectivity index (χ0v) is 18.7. The van der Waals surface area contributed by atoms with Gasteiger partial charge in [0.1, 0.15) is 6.54 Å². The van der Waals surface area contributed by atoms with Gasteiger partial charge in [-0.2, -0.15) is 18.3 Å². The summed E-state index contributed by atoms with van der Waals surface area (Å²) in [5.74, 6) is -1.07. The van der Waals surface area contributed by atoms with Crippen LogP contribution in [0, 0.1) is 0 Å². The van der Waals surface area contributed by atoms with E-state index >= 15 is 0 Å². The summed E-state index contributed by atoms with van der Waals surface area (Å²) in [7, 11) is 0. The molecule has 1 heterocycles. The number of aromatic nitrogens is 2. The minimum absolute atomic E-state index is 0.143. The third kappa shape index (κ3) is 5.95. The maximum absolute atomic E-state index is 13.4. The standard InChI is InChI=1S/C22H22ClF3N4O3/c1-3-9-33-20-15(23)10-14(11-18(20)32-4-2)12-27-29-19(31)13-30-17-8-6-5-7-16(17)28-21(30)22(24,25)26/h5-8,10-12H,3-4,9,13H2,1-2H3,(H,29,31)/b27-12+. The van der Waals surface area contributed by atoms with Crippen molar-refractivity contribution in [2.75, 3.05) is 13.2 Å². The van der Waals surface area contributed by atoms with Crippen molar-refractivity contribution in [3.8, 4) is 11.5 Å². The van der Waals surface area contributed by atoms with Crippen molar-refractivity contribution in [1.29, 1.82) is 0 Å². The van der Waals surface area contributed by atoms with Crippen LogP contribution in [0.2, 0.25) is 5.02 Å². The quantitative estimate of drug-likeness (QED) is 0.342. The van der Waals surface area contributed by atoms with Gasteiger partial charge in [0.05, 0.1) is 35.5 Å². The highest BCUT2D eigenvalue weighted by Crippen LogP contribution is 2.36. The second-order valence-electron chi connectivity index (χ2n) is 6.91. The van der Waals surface area contributed by atoms with Crippen LogP contribution in [0.3, 0.4) is 0 Å². The summed E-state index contributed by atoms with van der Waals surface area (Å²) in [6, 6.07) is 9.28. The van der Waals surface area contributed by atoms with Gasteiger partial charge in [-0.05, 0) is 43.2 Å². The topological polar surface area (TPSA) is 77.7 Å². The Bertz CT molecular complexity index is 1160. The van der Waals surface area contributed by atoms with Gasteiger partial charge < -0.3 is 14.0 Å². The first-order chi connectivity index (χ1) is 15.7. The van der Waals surface area contributed by atoms with E-state index in [-0.39, 0.29) is 11.0 Å². The van der Waals surface area contributed by atoms with E-state index in [1.807, 2.05) is 13.8 Å². The molecular weight excluding hydrogens is 461 g/mol. The number of amides is 1. The van der Waals surface area contributed by atoms with Crippen LogP contribution in [0.1, 0.15) is 31.7 Å². The predicted octanol–water partition coefficient (Wildman–Crippen LogP) is 5.05. The molecule has 0 atom stereocenters. The van der Waals surface area contributed by atoms with Crippen molar-refractivity contribution >= 4 is 34.8 Å². The van der Waals surface area contributed by atoms with E-state index in [9.17, 15) is 18.0 Å². The number of ether oxygens (including phenoxy) is 2. The summed E-state index contributed by atoms with van der Waals surface area (Å²) in [6.07, 6.45) is -2.61. The highest BCUT2D eigenvalue weighted by molar-refractivity contribution is 6.32. The molecule has 33 heavy (non-hydrogen) atoms. The zero-order chi connectivity index (χ0) is 24.0. The maximum Gasteiger partial charge on any atom is 0.449 e. The highest BCUT2D eigenvalue weighted by Gasteiger charge is 2.38. The minimum atomic E-state index is -4.71. The lowest BCUT2D eigenvalue weighted by molar-refractivity contribution is -0.147. The summed E-state index contributed by atoms with van der Waals surface area (Å²) < 4.78 is 52.1. The number of nitrogens with zero attached hydrogens (tertiary/aromatic N) is 3. The van der Waals surface area contributed by atoms with Gasteiger partial charge in [0.25, 0.3) is 5.91 Å². The number of carbonyl (C=O) groups excluding carboxylic acids is 1. The number of hydrazone groups is 1. The van der Waals surface area contributed by atoms with Crippen LogP contribution in [0.15, 0.2) is 41.5 Å². The molecule has 0 radical (unpaired) electrons. The lowest BCUT2D eigenvalue weighted by Crippen LogP contribution is -2.26. The van der Waals surface area contributed by atoms with E-state index < -0.39 is 24.5 Å². The molecule has 3 aromatic rings. The van der Waals surface area contributed by atoms with Gasteiger partial charge in [0.2, 0.25) is 5.82 Å². The Balaban J connectivity index is 1.76. The van der Waals surface area contributed by atoms with E-state index in [0.717, 1.165) is 11.0 Å². The highest BCUT2D eigenvalue weighted by atomic mass is 35.5. The number of hydrogen-bond donors (Lipinski definition) is 1. The molecule has 3 rings (SSSR count). The Morgan fingerprint density at radius 3 is 2.70 bits per heavy atom. The molecule has 2 aromatic carbocycles. The Kier molecular flexibility index (Phi) is 7.80. The molecule has 1 N–H and O–H groups in total. The normalized spacial score (nSPS) is 11.8. The minimum Gasteiger partial charge on any atom is -0.490 e. The lowest BCUT2D eigenvalue weighted by Gasteiger charge is -2.13. The van der Waals surface area contributed by atoms with Crippen molar-refractivity contribution in [3.63, 3.8) is 0 Å². The van der Waals surface area contributed by atoms with E-state index in [1.54, 1.807) is 24.3 Å². The summed E-state index contributed by atoms with van der Waals surface area (Å²) in [6.45, 7) is 4.01. The van der Waals surface area contributed by atoms with Gasteiger partial charge in [-0.25, -0.2) is 10.4 Å². The van der Waals surface area contributed by atoms with E-state index in [4.69, 9.17) is 21.1 Å². The second kappa shape index (κ2) is 10.6. The number of rotatable bonds is 9. The Labute approximate surface area is 193 Å². The van der Waals surface area contributed by atoms with Gasteiger partial charge in [-0.15, -0.1) is 0 Å². The summed E-state index contributed by atoms with van der Waals surface area (Å²) in [5, 5.41) is 4.14. The number of fused-ring (bicyclic) bond motifs is 1. The van der Waals surface area contributed by atoms with Crippen molar-refractivity contribution in [3.05, 3.63) is 52.8 Å². The number of alkyl halides is 3. The molecule has 0 saturated heterocycles. The molecule has 1 aromatic heterocycles. The third-order valence-electron chi connectivity index (χ3n) is 4.39. The first-order valence-electron chi connectivity index (χ1n) is 10.2. The molecule has 7 nitrogen and oxygen atoms in total. The number of halogens is 4. The second-order valence-corrected chi connectivity index (χ2v) is 7.32. The van der Waals surface area contributed by atoms with E-state index in [2.05, 4.69) is 15.5 Å². The predicted molar refractivity (Wildman–Crippen MR) is 119 cm³/mol. The first kappa shape index (κ1) is 24.4. The van der Waals surface area contributed by atoms with Crippen molar-refractivity contribution in [2.45, 2.75) is 33.0 Å². The van der Waals surface area contributed by atoms with Crippen LogP contribution in [0.5, 0.6) is 11.5 Å². The van der Waals surface area contributed by atoms with Gasteiger partial charge in [-0.3, -0.25) is 4.79 Å². The van der Waals surface area contributed by atoms with Crippen molar-refractivity contribution in [1.82, 2.24) is 15.0 Å². The number of imidazole rings is 1. The Morgan fingerprint density at radius 2 is 2.00 bits per heavy atom. The van der Waals surface area contributed by atoms with Gasteiger partial charge in [0, 0.05) is 0 Å². The molecule has 11 heteroatoms. The SMILES string of the molecule is CCCOc1c(Cl)cc(/C=N/NC(=O)Cn2c(C(F)(F)F)nc3ccccc32)cc1OCC. The molecule has 0 aliphatic heterocycles. The fourth-order valence-electron chi connectivity index (χ4n) is 3.08. The Hall–Kier alpha value is -3.27. The average Bonchev–Trinajstić information content (AvgIpc) is 3.12. The van der Waals surface area contributed by atoms with Crippen molar-refractivity contribution in [2.24, 2.45) is 5.10 Å². The monoisotopic (exact) mass is 482 g/mol. The molecule has 176 valence electrons. The number of nitrogens with one attached hydrogen (secondary N) is 1. The van der Waals surface area contributed by atoms with Crippen LogP contribution >= 0.6 is 11.6 Å². The van der Waals surface area contributed by atoms with Crippen LogP contribution < -0.4 is 14.9 Å². The van der Waals surface area contributed by atoms with Crippen LogP contribution in [-0.2, 0) is 17.5 Å². The number of carbonyl (C=O) groups is 1. The zero-order valence-electron chi connectivity index (χ0n) is 17.9. The van der Waals surface area contributed by atoms with Gasteiger partial charge in [0.15, 0.2) is 11.5 Å². The van der Waals surface area contributed by atoms with Gasteiger partial charge in [-0.1, -0.05) is 30.7 Å². The third-order valence-corrected chi connectivity index (χ3v) is 4.68. The number of hydrogen-bond acceptors (Lipinski definition) is 5. The largest absolute Gasteiger partial charge is 0.490 e. The van der Waals surface area contributed by atoms with Gasteiger partial charge >= 0.3 is 6.18 Å². The van der Waals surface area contributed by atoms with Crippen LogP contribution in [-0.4, -0.2) is 34.9 Å². The molecule has 0 saturated carbocycles. The Morgan fingerprint density at radius 1 is 1.24 bits per heavy atom. The average molecular weight is 483 g/mol. The lowest BCUT2D eigenvalue weighted by atomic mass is 10.2.